The van der Waals surface area contributed by atoms with E-state index in [-0.39, 0.29) is 5.92 Å². The predicted octanol–water partition coefficient (Wildman–Crippen LogP) is 3.06. The fourth-order valence-corrected chi connectivity index (χ4v) is 2.46. The molecule has 0 radical (unpaired) electrons. The average molecular weight is 350 g/mol. The Hall–Kier alpha value is -2.34. The van der Waals surface area contributed by atoms with Crippen molar-refractivity contribution in [3.63, 3.8) is 0 Å². The minimum atomic E-state index is -1.04. The fourth-order valence-electron chi connectivity index (χ4n) is 2.34. The van der Waals surface area contributed by atoms with Crippen LogP contribution in [0.3, 0.4) is 0 Å². The molecule has 1 atom stereocenters. The second kappa shape index (κ2) is 7.49. The summed E-state index contributed by atoms with van der Waals surface area (Å²) >= 11 is 5.87. The van der Waals surface area contributed by atoms with E-state index in [0.717, 1.165) is 5.69 Å². The first-order valence-corrected chi connectivity index (χ1v) is 8.01. The normalized spacial score (nSPS) is 12.2. The third-order valence-electron chi connectivity index (χ3n) is 3.55. The van der Waals surface area contributed by atoms with Gasteiger partial charge >= 0.3 is 5.97 Å². The monoisotopic (exact) mass is 349 g/mol. The van der Waals surface area contributed by atoms with Crippen molar-refractivity contribution in [3.8, 4) is 5.69 Å². The van der Waals surface area contributed by atoms with Gasteiger partial charge in [-0.25, -0.2) is 9.48 Å². The molecule has 0 spiro atoms. The summed E-state index contributed by atoms with van der Waals surface area (Å²) in [7, 11) is 0. The first-order valence-electron chi connectivity index (χ1n) is 7.63. The lowest BCUT2D eigenvalue weighted by atomic mass is 10.0. The van der Waals surface area contributed by atoms with E-state index in [1.165, 1.54) is 0 Å². The summed E-state index contributed by atoms with van der Waals surface area (Å²) in [5.41, 5.74) is 1.63. The van der Waals surface area contributed by atoms with Crippen LogP contribution in [-0.2, 0) is 4.79 Å². The third kappa shape index (κ3) is 4.35. The SMILES string of the molecule is Cc1nn(-c2ccc(Cl)cc2)cc1C(=O)NC(CC(C)C)C(=O)O. The van der Waals surface area contributed by atoms with Crippen LogP contribution in [0.5, 0.6) is 0 Å². The molecule has 0 aliphatic carbocycles. The highest BCUT2D eigenvalue weighted by atomic mass is 35.5. The number of amides is 1. The van der Waals surface area contributed by atoms with Gasteiger partial charge in [0.1, 0.15) is 6.04 Å². The zero-order valence-corrected chi connectivity index (χ0v) is 14.5. The van der Waals surface area contributed by atoms with Crippen molar-refractivity contribution in [1.82, 2.24) is 15.1 Å². The van der Waals surface area contributed by atoms with Crippen molar-refractivity contribution in [3.05, 3.63) is 46.7 Å². The number of aryl methyl sites for hydroxylation is 1. The van der Waals surface area contributed by atoms with Gasteiger partial charge in [-0.3, -0.25) is 4.79 Å². The Morgan fingerprint density at radius 2 is 1.92 bits per heavy atom. The van der Waals surface area contributed by atoms with E-state index in [9.17, 15) is 14.7 Å². The fraction of sp³-hybridized carbons (Fsp3) is 0.353. The maximum atomic E-state index is 12.4. The lowest BCUT2D eigenvalue weighted by Gasteiger charge is -2.16. The highest BCUT2D eigenvalue weighted by Crippen LogP contribution is 2.16. The molecule has 2 rings (SSSR count). The van der Waals surface area contributed by atoms with Crippen LogP contribution in [0.25, 0.3) is 5.69 Å². The number of rotatable bonds is 6. The Labute approximate surface area is 145 Å². The molecule has 2 N–H and O–H groups in total. The number of aliphatic carboxylic acids is 1. The first kappa shape index (κ1) is 18.0. The van der Waals surface area contributed by atoms with Gasteiger partial charge in [0.05, 0.1) is 16.9 Å². The van der Waals surface area contributed by atoms with Gasteiger partial charge < -0.3 is 10.4 Å². The molecule has 0 fully saturated rings. The Morgan fingerprint density at radius 3 is 2.46 bits per heavy atom. The molecule has 6 nitrogen and oxygen atoms in total. The van der Waals surface area contributed by atoms with Crippen LogP contribution < -0.4 is 5.32 Å². The number of carboxylic acids is 1. The van der Waals surface area contributed by atoms with Gasteiger partial charge in [0.25, 0.3) is 5.91 Å². The summed E-state index contributed by atoms with van der Waals surface area (Å²) < 4.78 is 1.57. The highest BCUT2D eigenvalue weighted by Gasteiger charge is 2.23. The molecule has 1 aromatic heterocycles. The number of carboxylic acid groups (broad SMARTS) is 1. The summed E-state index contributed by atoms with van der Waals surface area (Å²) in [6.45, 7) is 5.53. The van der Waals surface area contributed by atoms with Gasteiger partial charge in [0.15, 0.2) is 0 Å². The molecular weight excluding hydrogens is 330 g/mol. The van der Waals surface area contributed by atoms with Crippen molar-refractivity contribution < 1.29 is 14.7 Å². The number of nitrogens with zero attached hydrogens (tertiary/aromatic N) is 2. The van der Waals surface area contributed by atoms with Gasteiger partial charge in [0, 0.05) is 11.2 Å². The van der Waals surface area contributed by atoms with Crippen LogP contribution in [0.2, 0.25) is 5.02 Å². The van der Waals surface area contributed by atoms with Gasteiger partial charge in [-0.2, -0.15) is 5.10 Å². The van der Waals surface area contributed by atoms with Crippen molar-refractivity contribution in [2.75, 3.05) is 0 Å². The average Bonchev–Trinajstić information content (AvgIpc) is 2.88. The smallest absolute Gasteiger partial charge is 0.326 e. The van der Waals surface area contributed by atoms with Gasteiger partial charge in [-0.05, 0) is 43.5 Å². The number of carbonyl (C=O) groups is 2. The van der Waals surface area contributed by atoms with E-state index in [1.807, 2.05) is 13.8 Å². The van der Waals surface area contributed by atoms with Crippen LogP contribution in [0.15, 0.2) is 30.5 Å². The summed E-state index contributed by atoms with van der Waals surface area (Å²) in [5, 5.41) is 16.7. The molecule has 1 unspecified atom stereocenters. The second-order valence-corrected chi connectivity index (χ2v) is 6.48. The maximum absolute atomic E-state index is 12.4. The quantitative estimate of drug-likeness (QED) is 0.839. The van der Waals surface area contributed by atoms with Gasteiger partial charge in [-0.1, -0.05) is 25.4 Å². The molecule has 7 heteroatoms. The number of nitrogens with one attached hydrogen (secondary N) is 1. The first-order chi connectivity index (χ1) is 11.3. The number of aromatic nitrogens is 2. The van der Waals surface area contributed by atoms with E-state index in [0.29, 0.717) is 22.7 Å². The Kier molecular flexibility index (Phi) is 5.62. The van der Waals surface area contributed by atoms with Crippen molar-refractivity contribution in [2.45, 2.75) is 33.2 Å². The van der Waals surface area contributed by atoms with Crippen LogP contribution in [0.1, 0.15) is 36.3 Å². The zero-order valence-electron chi connectivity index (χ0n) is 13.8. The Balaban J connectivity index is 2.21. The van der Waals surface area contributed by atoms with Crippen LogP contribution in [0, 0.1) is 12.8 Å². The molecule has 2 aromatic rings. The van der Waals surface area contributed by atoms with Crippen molar-refractivity contribution in [1.29, 1.82) is 0 Å². The molecule has 128 valence electrons. The van der Waals surface area contributed by atoms with Crippen LogP contribution in [0.4, 0.5) is 0 Å². The third-order valence-corrected chi connectivity index (χ3v) is 3.80. The summed E-state index contributed by atoms with van der Waals surface area (Å²) in [6.07, 6.45) is 1.95. The summed E-state index contributed by atoms with van der Waals surface area (Å²) in [5.74, 6) is -1.33. The second-order valence-electron chi connectivity index (χ2n) is 6.04. The molecule has 0 saturated heterocycles. The molecule has 1 amide bonds. The minimum absolute atomic E-state index is 0.157. The molecule has 24 heavy (non-hydrogen) atoms. The minimum Gasteiger partial charge on any atom is -0.480 e. The van der Waals surface area contributed by atoms with E-state index >= 15 is 0 Å². The summed E-state index contributed by atoms with van der Waals surface area (Å²) in [6, 6.07) is 6.12. The number of benzene rings is 1. The van der Waals surface area contributed by atoms with E-state index in [2.05, 4.69) is 10.4 Å². The Morgan fingerprint density at radius 1 is 1.29 bits per heavy atom. The van der Waals surface area contributed by atoms with E-state index in [4.69, 9.17) is 11.6 Å². The lowest BCUT2D eigenvalue weighted by Crippen LogP contribution is -2.41. The standard InChI is InChI=1S/C17H20ClN3O3/c1-10(2)8-15(17(23)24)19-16(22)14-9-21(20-11(14)3)13-6-4-12(18)5-7-13/h4-7,9-10,15H,8H2,1-3H3,(H,19,22)(H,23,24). The maximum Gasteiger partial charge on any atom is 0.326 e. The summed E-state index contributed by atoms with van der Waals surface area (Å²) in [4.78, 5) is 23.7. The molecule has 0 bridgehead atoms. The van der Waals surface area contributed by atoms with Crippen molar-refractivity contribution in [2.24, 2.45) is 5.92 Å². The largest absolute Gasteiger partial charge is 0.480 e. The molecule has 1 heterocycles. The topological polar surface area (TPSA) is 84.2 Å². The molecule has 1 aromatic carbocycles. The Bertz CT molecular complexity index is 738. The number of carbonyl (C=O) groups excluding carboxylic acids is 1. The highest BCUT2D eigenvalue weighted by molar-refractivity contribution is 6.30. The molecule has 0 saturated carbocycles. The molecule has 0 aliphatic rings. The van der Waals surface area contributed by atoms with Crippen molar-refractivity contribution >= 4 is 23.5 Å². The van der Waals surface area contributed by atoms with E-state index < -0.39 is 17.9 Å². The van der Waals surface area contributed by atoms with Gasteiger partial charge in [0.2, 0.25) is 0 Å². The number of hydrogen-bond donors (Lipinski definition) is 2. The predicted molar refractivity (Wildman–Crippen MR) is 91.7 cm³/mol. The molecular formula is C17H20ClN3O3. The lowest BCUT2D eigenvalue weighted by molar-refractivity contribution is -0.139. The van der Waals surface area contributed by atoms with Crippen LogP contribution in [-0.4, -0.2) is 32.8 Å². The number of halogens is 1. The number of hydrogen-bond acceptors (Lipinski definition) is 3. The van der Waals surface area contributed by atoms with Gasteiger partial charge in [-0.15, -0.1) is 0 Å². The molecule has 0 aliphatic heterocycles. The van der Waals surface area contributed by atoms with E-state index in [1.54, 1.807) is 42.1 Å². The van der Waals surface area contributed by atoms with Crippen LogP contribution >= 0.6 is 11.6 Å². The zero-order chi connectivity index (χ0) is 17.9.